The lowest BCUT2D eigenvalue weighted by atomic mass is 9.84. The molecule has 0 bridgehead atoms. The summed E-state index contributed by atoms with van der Waals surface area (Å²) < 4.78 is 0. The zero-order valence-corrected chi connectivity index (χ0v) is 25.4. The van der Waals surface area contributed by atoms with Crippen LogP contribution in [-0.4, -0.2) is 11.3 Å². The van der Waals surface area contributed by atoms with Gasteiger partial charge in [0.15, 0.2) is 0 Å². The average Bonchev–Trinajstić information content (AvgIpc) is 3.52. The Morgan fingerprint density at radius 3 is 1.32 bits per heavy atom. The van der Waals surface area contributed by atoms with Crippen molar-refractivity contribution in [1.82, 2.24) is 0 Å². The minimum absolute atomic E-state index is 0.303. The van der Waals surface area contributed by atoms with Gasteiger partial charge in [0.05, 0.1) is 0 Å². The lowest BCUT2D eigenvalue weighted by molar-refractivity contribution is 0.487. The molecule has 3 aliphatic rings. The van der Waals surface area contributed by atoms with E-state index in [1.165, 1.54) is 80.9 Å². The molecule has 0 saturated heterocycles. The van der Waals surface area contributed by atoms with Crippen molar-refractivity contribution in [3.63, 3.8) is 0 Å². The highest BCUT2D eigenvalue weighted by Gasteiger charge is 2.39. The minimum atomic E-state index is -0.303. The Balaban J connectivity index is 1.61. The third-order valence-corrected chi connectivity index (χ3v) is 14.1. The van der Waals surface area contributed by atoms with Crippen molar-refractivity contribution in [2.75, 3.05) is 0 Å². The number of hydrogen-bond donors (Lipinski definition) is 0. The van der Waals surface area contributed by atoms with Crippen molar-refractivity contribution in [2.24, 2.45) is 0 Å². The first kappa shape index (κ1) is 26.6. The molecule has 0 aromatic heterocycles. The summed E-state index contributed by atoms with van der Waals surface area (Å²) >= 11 is 2.12. The van der Waals surface area contributed by atoms with Crippen LogP contribution in [0.15, 0.2) is 91.0 Å². The topological polar surface area (TPSA) is 0 Å². The molecule has 2 heteroatoms. The molecule has 7 rings (SSSR count). The molecule has 40 heavy (non-hydrogen) atoms. The van der Waals surface area contributed by atoms with Crippen LogP contribution in [0.25, 0.3) is 33.4 Å². The van der Waals surface area contributed by atoms with Gasteiger partial charge in [-0.1, -0.05) is 137 Å². The second-order valence-corrected chi connectivity index (χ2v) is 15.7. The SMILES string of the molecule is c1ccc(-c2c3c(c(-c4ccccc4)c(P(C4CCCCC4)C4CCCCC4)c2-c2ccccc2)CSC3)cc1. The molecule has 4 aromatic rings. The first-order valence-electron chi connectivity index (χ1n) is 15.6. The maximum atomic E-state index is 2.41. The highest BCUT2D eigenvalue weighted by molar-refractivity contribution is 7.98. The van der Waals surface area contributed by atoms with Crippen LogP contribution >= 0.6 is 19.7 Å². The fourth-order valence-electron chi connectivity index (χ4n) is 7.78. The van der Waals surface area contributed by atoms with Crippen LogP contribution < -0.4 is 5.30 Å². The fraction of sp³-hybridized carbons (Fsp3) is 0.368. The molecule has 1 aliphatic heterocycles. The van der Waals surface area contributed by atoms with Crippen LogP contribution in [0, 0.1) is 0 Å². The standard InChI is InChI=1S/C38H41PS/c1-6-16-28(17-7-1)35-33-26-40-27-34(33)36(29-18-8-2-9-19-29)38(37(35)30-20-10-3-11-21-30)39(31-22-12-4-13-23-31)32-24-14-5-15-25-32/h1-3,6-11,16-21,31-32H,4-5,12-15,22-27H2. The van der Waals surface area contributed by atoms with Crippen LogP contribution in [0.4, 0.5) is 0 Å². The molecular weight excluding hydrogens is 519 g/mol. The minimum Gasteiger partial charge on any atom is -0.152 e. The van der Waals surface area contributed by atoms with Gasteiger partial charge in [-0.25, -0.2) is 0 Å². The summed E-state index contributed by atoms with van der Waals surface area (Å²) in [4.78, 5) is 0. The number of benzene rings is 4. The Bertz CT molecular complexity index is 1400. The molecule has 0 unspecified atom stereocenters. The van der Waals surface area contributed by atoms with Crippen molar-refractivity contribution >= 4 is 25.0 Å². The molecule has 204 valence electrons. The lowest BCUT2D eigenvalue weighted by Gasteiger charge is -2.42. The van der Waals surface area contributed by atoms with Crippen molar-refractivity contribution in [1.29, 1.82) is 0 Å². The molecule has 0 nitrogen and oxygen atoms in total. The van der Waals surface area contributed by atoms with E-state index >= 15 is 0 Å². The second-order valence-electron chi connectivity index (χ2n) is 12.0. The van der Waals surface area contributed by atoms with Crippen LogP contribution in [0.5, 0.6) is 0 Å². The summed E-state index contributed by atoms with van der Waals surface area (Å²) in [6.45, 7) is 0. The van der Waals surface area contributed by atoms with E-state index in [0.29, 0.717) is 0 Å². The average molecular weight is 561 g/mol. The Kier molecular flexibility index (Phi) is 8.14. The monoisotopic (exact) mass is 560 g/mol. The number of hydrogen-bond acceptors (Lipinski definition) is 1. The Morgan fingerprint density at radius 1 is 0.450 bits per heavy atom. The van der Waals surface area contributed by atoms with E-state index in [-0.39, 0.29) is 7.92 Å². The molecule has 0 spiro atoms. The fourth-order valence-corrected chi connectivity index (χ4v) is 13.1. The summed E-state index contributed by atoms with van der Waals surface area (Å²) in [5.74, 6) is 2.25. The van der Waals surface area contributed by atoms with Crippen LogP contribution in [0.2, 0.25) is 0 Å². The van der Waals surface area contributed by atoms with Gasteiger partial charge in [0, 0.05) is 11.5 Å². The quantitative estimate of drug-likeness (QED) is 0.211. The van der Waals surface area contributed by atoms with Gasteiger partial charge in [0.25, 0.3) is 0 Å². The molecule has 0 radical (unpaired) electrons. The molecule has 2 saturated carbocycles. The molecule has 0 amide bonds. The second kappa shape index (κ2) is 12.3. The third-order valence-electron chi connectivity index (χ3n) is 9.57. The molecule has 4 aromatic carbocycles. The zero-order chi connectivity index (χ0) is 26.7. The zero-order valence-electron chi connectivity index (χ0n) is 23.7. The van der Waals surface area contributed by atoms with Crippen molar-refractivity contribution < 1.29 is 0 Å². The maximum Gasteiger partial charge on any atom is 0.0197 e. The Hall–Kier alpha value is -2.34. The summed E-state index contributed by atoms with van der Waals surface area (Å²) in [7, 11) is -0.303. The Labute approximate surface area is 246 Å². The van der Waals surface area contributed by atoms with Crippen LogP contribution in [0.1, 0.15) is 75.3 Å². The predicted octanol–water partition coefficient (Wildman–Crippen LogP) is 11.2. The number of fused-ring (bicyclic) bond motifs is 1. The summed E-state index contributed by atoms with van der Waals surface area (Å²) in [6, 6.07) is 34.5. The molecule has 0 N–H and O–H groups in total. The van der Waals surface area contributed by atoms with E-state index in [1.807, 2.05) is 0 Å². The molecule has 2 fully saturated rings. The van der Waals surface area contributed by atoms with E-state index in [1.54, 1.807) is 33.1 Å². The third kappa shape index (κ3) is 5.10. The van der Waals surface area contributed by atoms with Crippen molar-refractivity contribution in [3.05, 3.63) is 102 Å². The van der Waals surface area contributed by atoms with Gasteiger partial charge in [-0.05, 0) is 86.8 Å². The van der Waals surface area contributed by atoms with Gasteiger partial charge in [-0.2, -0.15) is 11.8 Å². The van der Waals surface area contributed by atoms with E-state index < -0.39 is 0 Å². The normalized spacial score (nSPS) is 18.2. The Morgan fingerprint density at radius 2 is 0.850 bits per heavy atom. The van der Waals surface area contributed by atoms with E-state index in [9.17, 15) is 0 Å². The van der Waals surface area contributed by atoms with Gasteiger partial charge >= 0.3 is 0 Å². The van der Waals surface area contributed by atoms with Gasteiger partial charge in [-0.15, -0.1) is 0 Å². The van der Waals surface area contributed by atoms with Crippen LogP contribution in [0.3, 0.4) is 0 Å². The van der Waals surface area contributed by atoms with E-state index in [2.05, 4.69) is 103 Å². The predicted molar refractivity (Wildman–Crippen MR) is 178 cm³/mol. The van der Waals surface area contributed by atoms with Gasteiger partial charge in [0.1, 0.15) is 0 Å². The van der Waals surface area contributed by atoms with E-state index in [4.69, 9.17) is 0 Å². The first-order valence-corrected chi connectivity index (χ1v) is 18.3. The van der Waals surface area contributed by atoms with Gasteiger partial charge < -0.3 is 0 Å². The van der Waals surface area contributed by atoms with Gasteiger partial charge in [0.2, 0.25) is 0 Å². The summed E-state index contributed by atoms with van der Waals surface area (Å²) in [5.41, 5.74) is 14.0. The molecular formula is C38H41PS. The number of thioether (sulfide) groups is 1. The van der Waals surface area contributed by atoms with Crippen molar-refractivity contribution in [3.8, 4) is 33.4 Å². The molecule has 0 atom stereocenters. The number of rotatable bonds is 6. The highest BCUT2D eigenvalue weighted by atomic mass is 32.2. The maximum absolute atomic E-state index is 2.41. The first-order chi connectivity index (χ1) is 19.9. The van der Waals surface area contributed by atoms with E-state index in [0.717, 1.165) is 22.8 Å². The van der Waals surface area contributed by atoms with Crippen molar-refractivity contribution in [2.45, 2.75) is 87.0 Å². The molecule has 1 heterocycles. The largest absolute Gasteiger partial charge is 0.152 e. The summed E-state index contributed by atoms with van der Waals surface area (Å²) in [5, 5.41) is 1.77. The molecule has 2 aliphatic carbocycles. The highest BCUT2D eigenvalue weighted by Crippen LogP contribution is 2.60. The lowest BCUT2D eigenvalue weighted by Crippen LogP contribution is -2.29. The smallest absolute Gasteiger partial charge is 0.0197 e. The van der Waals surface area contributed by atoms with Crippen LogP contribution in [-0.2, 0) is 11.5 Å². The van der Waals surface area contributed by atoms with Gasteiger partial charge in [-0.3, -0.25) is 0 Å². The summed E-state index contributed by atoms with van der Waals surface area (Å²) in [6.07, 6.45) is 14.2.